The number of aliphatic imine (C=N–C) groups is 1. The summed E-state index contributed by atoms with van der Waals surface area (Å²) in [6.07, 6.45) is 1.92. The maximum Gasteiger partial charge on any atom is 0.338 e. The smallest absolute Gasteiger partial charge is 0.338 e. The molecule has 0 spiro atoms. The van der Waals surface area contributed by atoms with Crippen molar-refractivity contribution in [2.75, 3.05) is 33.4 Å². The van der Waals surface area contributed by atoms with E-state index in [0.29, 0.717) is 70.4 Å². The van der Waals surface area contributed by atoms with Crippen LogP contribution in [-0.4, -0.2) is 72.2 Å². The number of nitrogens with zero attached hydrogens (tertiary/aromatic N) is 3. The number of ether oxygens (including phenoxy) is 2. The zero-order valence-electron chi connectivity index (χ0n) is 18.9. The van der Waals surface area contributed by atoms with Gasteiger partial charge in [0, 0.05) is 58.9 Å². The molecule has 2 aliphatic heterocycles. The van der Waals surface area contributed by atoms with Crippen molar-refractivity contribution in [3.05, 3.63) is 61.7 Å². The molecule has 0 aliphatic carbocycles. The maximum absolute atomic E-state index is 13.0. The Morgan fingerprint density at radius 1 is 1.37 bits per heavy atom. The van der Waals surface area contributed by atoms with Gasteiger partial charge in [0.1, 0.15) is 6.04 Å². The van der Waals surface area contributed by atoms with Gasteiger partial charge in [0.25, 0.3) is 0 Å². The SMILES string of the molecule is COC(=O)C1=C(CN2CCO[C@@H](CCC(=O)O)C2)NC(c2nccs2)=N[C@@H]1c1ccc(Cl)cc1Cl. The molecule has 2 atom stereocenters. The van der Waals surface area contributed by atoms with Crippen LogP contribution in [0.5, 0.6) is 0 Å². The van der Waals surface area contributed by atoms with Gasteiger partial charge in [-0.1, -0.05) is 29.3 Å². The molecule has 1 saturated heterocycles. The van der Waals surface area contributed by atoms with Crippen LogP contribution >= 0.6 is 34.5 Å². The first-order valence-electron chi connectivity index (χ1n) is 10.9. The summed E-state index contributed by atoms with van der Waals surface area (Å²) < 4.78 is 10.9. The largest absolute Gasteiger partial charge is 0.481 e. The molecule has 0 saturated carbocycles. The Kier molecular flexibility index (Phi) is 8.40. The summed E-state index contributed by atoms with van der Waals surface area (Å²) >= 11 is 14.1. The van der Waals surface area contributed by atoms with Crippen molar-refractivity contribution in [2.45, 2.75) is 25.0 Å². The number of carbonyl (C=O) groups excluding carboxylic acids is 1. The summed E-state index contributed by atoms with van der Waals surface area (Å²) in [5.74, 6) is -0.863. The van der Waals surface area contributed by atoms with Gasteiger partial charge in [0.05, 0.1) is 25.4 Å². The number of carboxylic acid groups (broad SMARTS) is 1. The van der Waals surface area contributed by atoms with E-state index in [2.05, 4.69) is 15.2 Å². The second-order valence-electron chi connectivity index (χ2n) is 8.05. The fraction of sp³-hybridized carbons (Fsp3) is 0.391. The fourth-order valence-electron chi connectivity index (χ4n) is 4.07. The van der Waals surface area contributed by atoms with Gasteiger partial charge >= 0.3 is 11.9 Å². The third-order valence-electron chi connectivity index (χ3n) is 5.71. The van der Waals surface area contributed by atoms with Gasteiger partial charge < -0.3 is 19.9 Å². The van der Waals surface area contributed by atoms with E-state index < -0.39 is 18.0 Å². The first kappa shape index (κ1) is 25.6. The number of morpholine rings is 1. The number of esters is 1. The van der Waals surface area contributed by atoms with E-state index >= 15 is 0 Å². The molecule has 2 aromatic rings. The molecule has 2 aliphatic rings. The van der Waals surface area contributed by atoms with Gasteiger partial charge in [0.15, 0.2) is 10.8 Å². The number of amidine groups is 1. The van der Waals surface area contributed by atoms with E-state index in [1.807, 2.05) is 5.38 Å². The summed E-state index contributed by atoms with van der Waals surface area (Å²) in [5.41, 5.74) is 1.57. The summed E-state index contributed by atoms with van der Waals surface area (Å²) in [5, 5.41) is 15.7. The molecule has 0 radical (unpaired) electrons. The number of nitrogens with one attached hydrogen (secondary N) is 1. The molecule has 9 nitrogen and oxygen atoms in total. The second kappa shape index (κ2) is 11.5. The zero-order chi connectivity index (χ0) is 24.9. The Labute approximate surface area is 216 Å². The molecule has 0 amide bonds. The highest BCUT2D eigenvalue weighted by Crippen LogP contribution is 2.37. The van der Waals surface area contributed by atoms with Crippen molar-refractivity contribution in [2.24, 2.45) is 4.99 Å². The lowest BCUT2D eigenvalue weighted by Gasteiger charge is -2.35. The minimum atomic E-state index is -0.859. The number of benzene rings is 1. The van der Waals surface area contributed by atoms with E-state index in [1.54, 1.807) is 24.4 Å². The molecular formula is C23H24Cl2N4O5S. The maximum atomic E-state index is 13.0. The van der Waals surface area contributed by atoms with Crippen LogP contribution in [0.1, 0.15) is 29.5 Å². The summed E-state index contributed by atoms with van der Waals surface area (Å²) in [6, 6.07) is 4.34. The second-order valence-corrected chi connectivity index (χ2v) is 9.79. The van der Waals surface area contributed by atoms with Crippen LogP contribution in [-0.2, 0) is 19.1 Å². The predicted octanol–water partition coefficient (Wildman–Crippen LogP) is 3.53. The molecule has 2 N–H and O–H groups in total. The van der Waals surface area contributed by atoms with Crippen LogP contribution in [0.2, 0.25) is 10.0 Å². The van der Waals surface area contributed by atoms with Crippen molar-refractivity contribution >= 4 is 52.3 Å². The number of hydrogen-bond acceptors (Lipinski definition) is 9. The van der Waals surface area contributed by atoms with E-state index in [0.717, 1.165) is 0 Å². The van der Waals surface area contributed by atoms with Gasteiger partial charge in [-0.25, -0.2) is 9.78 Å². The molecular weight excluding hydrogens is 515 g/mol. The van der Waals surface area contributed by atoms with Crippen molar-refractivity contribution < 1.29 is 24.2 Å². The first-order valence-corrected chi connectivity index (χ1v) is 12.6. The van der Waals surface area contributed by atoms with Crippen molar-refractivity contribution in [3.8, 4) is 0 Å². The van der Waals surface area contributed by atoms with E-state index in [4.69, 9.17) is 42.8 Å². The standard InChI is InChI=1S/C23H24Cl2N4O5S/c1-33-23(32)19-17(12-29-7-8-34-14(11-29)3-5-18(30)31)27-21(22-26-6-9-35-22)28-20(19)15-4-2-13(24)10-16(15)25/h2,4,6,9-10,14,20H,3,5,7-8,11-12H2,1H3,(H,27,28)(H,30,31)/t14-,20+/m0/s1. The number of thiazole rings is 1. The average molecular weight is 539 g/mol. The Hall–Kier alpha value is -2.50. The van der Waals surface area contributed by atoms with Crippen molar-refractivity contribution in [1.82, 2.24) is 15.2 Å². The third-order valence-corrected chi connectivity index (χ3v) is 7.05. The molecule has 0 unspecified atom stereocenters. The number of aromatic nitrogens is 1. The van der Waals surface area contributed by atoms with Crippen LogP contribution in [0.15, 0.2) is 46.0 Å². The van der Waals surface area contributed by atoms with Crippen LogP contribution in [0, 0.1) is 0 Å². The van der Waals surface area contributed by atoms with E-state index in [1.165, 1.54) is 18.4 Å². The molecule has 12 heteroatoms. The van der Waals surface area contributed by atoms with Crippen LogP contribution < -0.4 is 5.32 Å². The Bertz CT molecular complexity index is 1150. The Balaban J connectivity index is 1.70. The molecule has 35 heavy (non-hydrogen) atoms. The van der Waals surface area contributed by atoms with Crippen LogP contribution in [0.25, 0.3) is 0 Å². The molecule has 1 aromatic carbocycles. The van der Waals surface area contributed by atoms with Gasteiger partial charge in [-0.15, -0.1) is 11.3 Å². The van der Waals surface area contributed by atoms with E-state index in [9.17, 15) is 9.59 Å². The lowest BCUT2D eigenvalue weighted by atomic mass is 9.95. The fourth-order valence-corrected chi connectivity index (χ4v) is 5.17. The lowest BCUT2D eigenvalue weighted by molar-refractivity contribution is -0.138. The Morgan fingerprint density at radius 2 is 2.20 bits per heavy atom. The summed E-state index contributed by atoms with van der Waals surface area (Å²) in [6.45, 7) is 2.00. The highest BCUT2D eigenvalue weighted by atomic mass is 35.5. The quantitative estimate of drug-likeness (QED) is 0.490. The lowest BCUT2D eigenvalue weighted by Crippen LogP contribution is -2.46. The molecule has 3 heterocycles. The third kappa shape index (κ3) is 6.20. The number of carboxylic acids is 1. The predicted molar refractivity (Wildman–Crippen MR) is 133 cm³/mol. The molecule has 1 fully saturated rings. The normalized spacial score (nSPS) is 20.8. The van der Waals surface area contributed by atoms with Crippen LogP contribution in [0.4, 0.5) is 0 Å². The van der Waals surface area contributed by atoms with Gasteiger partial charge in [-0.05, 0) is 18.6 Å². The highest BCUT2D eigenvalue weighted by molar-refractivity contribution is 7.11. The minimum Gasteiger partial charge on any atom is -0.481 e. The molecule has 4 rings (SSSR count). The van der Waals surface area contributed by atoms with E-state index in [-0.39, 0.29) is 12.5 Å². The van der Waals surface area contributed by atoms with Gasteiger partial charge in [0.2, 0.25) is 0 Å². The van der Waals surface area contributed by atoms with Gasteiger partial charge in [-0.2, -0.15) is 0 Å². The summed E-state index contributed by atoms with van der Waals surface area (Å²) in [7, 11) is 1.32. The topological polar surface area (TPSA) is 113 Å². The number of aliphatic carboxylic acids is 1. The molecule has 1 aromatic heterocycles. The monoisotopic (exact) mass is 538 g/mol. The number of methoxy groups -OCH3 is 1. The summed E-state index contributed by atoms with van der Waals surface area (Å²) in [4.78, 5) is 35.3. The van der Waals surface area contributed by atoms with Crippen molar-refractivity contribution in [3.63, 3.8) is 0 Å². The number of halogens is 2. The average Bonchev–Trinajstić information content (AvgIpc) is 3.37. The first-order chi connectivity index (χ1) is 16.9. The van der Waals surface area contributed by atoms with Crippen LogP contribution in [0.3, 0.4) is 0 Å². The zero-order valence-corrected chi connectivity index (χ0v) is 21.2. The number of rotatable bonds is 8. The Morgan fingerprint density at radius 3 is 2.89 bits per heavy atom. The molecule has 0 bridgehead atoms. The van der Waals surface area contributed by atoms with Crippen molar-refractivity contribution in [1.29, 1.82) is 0 Å². The highest BCUT2D eigenvalue weighted by Gasteiger charge is 2.35. The number of carbonyl (C=O) groups is 2. The minimum absolute atomic E-state index is 0.0326. The van der Waals surface area contributed by atoms with Gasteiger partial charge in [-0.3, -0.25) is 14.7 Å². The molecule has 186 valence electrons. The number of hydrogen-bond donors (Lipinski definition) is 2.